The smallest absolute Gasteiger partial charge is 0.196 e. The first-order valence-corrected chi connectivity index (χ1v) is 5.72. The zero-order valence-corrected chi connectivity index (χ0v) is 10.5. The molecular weight excluding hydrogens is 253 g/mol. The molecule has 92 valence electrons. The third-order valence-electron chi connectivity index (χ3n) is 2.63. The van der Waals surface area contributed by atoms with Crippen LogP contribution in [0.15, 0.2) is 36.4 Å². The van der Waals surface area contributed by atoms with Gasteiger partial charge in [-0.1, -0.05) is 17.7 Å². The van der Waals surface area contributed by atoms with Gasteiger partial charge in [-0.15, -0.1) is 0 Å². The summed E-state index contributed by atoms with van der Waals surface area (Å²) in [5, 5.41) is 0.286. The molecule has 0 amide bonds. The van der Waals surface area contributed by atoms with Crippen molar-refractivity contribution in [3.63, 3.8) is 0 Å². The van der Waals surface area contributed by atoms with E-state index in [1.54, 1.807) is 13.0 Å². The predicted octanol–water partition coefficient (Wildman–Crippen LogP) is 3.60. The summed E-state index contributed by atoms with van der Waals surface area (Å²) in [7, 11) is 0. The summed E-state index contributed by atoms with van der Waals surface area (Å²) in [5.41, 5.74) is 7.06. The molecule has 0 unspecified atom stereocenters. The lowest BCUT2D eigenvalue weighted by Gasteiger charge is -2.05. The molecule has 0 radical (unpaired) electrons. The topological polar surface area (TPSA) is 43.1 Å². The van der Waals surface area contributed by atoms with E-state index in [9.17, 15) is 9.18 Å². The molecule has 0 saturated heterocycles. The van der Waals surface area contributed by atoms with Crippen LogP contribution in [-0.4, -0.2) is 5.78 Å². The fourth-order valence-corrected chi connectivity index (χ4v) is 1.81. The summed E-state index contributed by atoms with van der Waals surface area (Å²) in [6, 6.07) is 8.99. The summed E-state index contributed by atoms with van der Waals surface area (Å²) >= 11 is 5.84. The monoisotopic (exact) mass is 263 g/mol. The number of hydrogen-bond donors (Lipinski definition) is 1. The fraction of sp³-hybridized carbons (Fsp3) is 0.0714. The number of rotatable bonds is 2. The first kappa shape index (κ1) is 12.6. The van der Waals surface area contributed by atoms with Crippen LogP contribution in [0.1, 0.15) is 21.5 Å². The maximum absolute atomic E-state index is 13.7. The number of ketones is 1. The van der Waals surface area contributed by atoms with Crippen molar-refractivity contribution in [3.05, 3.63) is 63.9 Å². The Hall–Kier alpha value is -1.87. The Morgan fingerprint density at radius 2 is 1.94 bits per heavy atom. The summed E-state index contributed by atoms with van der Waals surface area (Å²) in [5.74, 6) is -0.942. The Kier molecular flexibility index (Phi) is 3.34. The number of carbonyl (C=O) groups is 1. The molecule has 0 fully saturated rings. The Morgan fingerprint density at radius 3 is 2.56 bits per heavy atom. The van der Waals surface area contributed by atoms with E-state index in [0.29, 0.717) is 11.3 Å². The van der Waals surface area contributed by atoms with Gasteiger partial charge < -0.3 is 5.73 Å². The Labute approximate surface area is 109 Å². The van der Waals surface area contributed by atoms with Crippen molar-refractivity contribution in [2.24, 2.45) is 0 Å². The highest BCUT2D eigenvalue weighted by Gasteiger charge is 2.14. The highest BCUT2D eigenvalue weighted by molar-refractivity contribution is 6.33. The number of benzene rings is 2. The standard InChI is InChI=1S/C14H11ClFNO/c1-8-2-4-10(12(16)6-8)14(18)9-3-5-13(17)11(15)7-9/h2-7H,17H2,1H3. The zero-order valence-electron chi connectivity index (χ0n) is 9.71. The molecule has 2 aromatic rings. The van der Waals surface area contributed by atoms with Gasteiger partial charge in [-0.05, 0) is 42.8 Å². The van der Waals surface area contributed by atoms with Crippen LogP contribution in [0.3, 0.4) is 0 Å². The van der Waals surface area contributed by atoms with Gasteiger partial charge in [-0.25, -0.2) is 4.39 Å². The second-order valence-corrected chi connectivity index (χ2v) is 4.46. The predicted molar refractivity (Wildman–Crippen MR) is 70.4 cm³/mol. The van der Waals surface area contributed by atoms with Crippen molar-refractivity contribution >= 4 is 23.1 Å². The van der Waals surface area contributed by atoms with Crippen LogP contribution in [0.2, 0.25) is 5.02 Å². The maximum atomic E-state index is 13.7. The summed E-state index contributed by atoms with van der Waals surface area (Å²) < 4.78 is 13.7. The van der Waals surface area contributed by atoms with E-state index in [4.69, 9.17) is 17.3 Å². The summed E-state index contributed by atoms with van der Waals surface area (Å²) in [4.78, 5) is 12.1. The van der Waals surface area contributed by atoms with Gasteiger partial charge in [0.15, 0.2) is 5.78 Å². The number of aryl methyl sites for hydroxylation is 1. The molecule has 4 heteroatoms. The lowest BCUT2D eigenvalue weighted by atomic mass is 10.0. The van der Waals surface area contributed by atoms with E-state index in [1.807, 2.05) is 0 Å². The van der Waals surface area contributed by atoms with Crippen molar-refractivity contribution in [1.82, 2.24) is 0 Å². The van der Waals surface area contributed by atoms with Crippen LogP contribution >= 0.6 is 11.6 Å². The summed E-state index contributed by atoms with van der Waals surface area (Å²) in [6.07, 6.45) is 0. The average Bonchev–Trinajstić information content (AvgIpc) is 2.32. The molecule has 0 aromatic heterocycles. The number of nitrogen functional groups attached to an aromatic ring is 1. The zero-order chi connectivity index (χ0) is 13.3. The average molecular weight is 264 g/mol. The third kappa shape index (κ3) is 2.36. The maximum Gasteiger partial charge on any atom is 0.196 e. The largest absolute Gasteiger partial charge is 0.398 e. The molecule has 0 atom stereocenters. The number of nitrogens with two attached hydrogens (primary N) is 1. The Morgan fingerprint density at radius 1 is 1.22 bits per heavy atom. The Bertz CT molecular complexity index is 625. The quantitative estimate of drug-likeness (QED) is 0.664. The van der Waals surface area contributed by atoms with E-state index < -0.39 is 11.6 Å². The van der Waals surface area contributed by atoms with Gasteiger partial charge in [0.2, 0.25) is 0 Å². The highest BCUT2D eigenvalue weighted by Crippen LogP contribution is 2.22. The van der Waals surface area contributed by atoms with E-state index >= 15 is 0 Å². The van der Waals surface area contributed by atoms with Crippen molar-refractivity contribution in [2.45, 2.75) is 6.92 Å². The van der Waals surface area contributed by atoms with E-state index in [1.165, 1.54) is 30.3 Å². The van der Waals surface area contributed by atoms with Crippen molar-refractivity contribution < 1.29 is 9.18 Å². The number of hydrogen-bond acceptors (Lipinski definition) is 2. The SMILES string of the molecule is Cc1ccc(C(=O)c2ccc(N)c(Cl)c2)c(F)c1. The van der Waals surface area contributed by atoms with Gasteiger partial charge in [0.25, 0.3) is 0 Å². The normalized spacial score (nSPS) is 10.4. The molecule has 0 aliphatic heterocycles. The minimum atomic E-state index is -0.534. The second kappa shape index (κ2) is 4.78. The van der Waals surface area contributed by atoms with E-state index in [0.717, 1.165) is 5.56 Å². The van der Waals surface area contributed by atoms with Crippen LogP contribution in [-0.2, 0) is 0 Å². The third-order valence-corrected chi connectivity index (χ3v) is 2.96. The van der Waals surface area contributed by atoms with Crippen molar-refractivity contribution in [3.8, 4) is 0 Å². The van der Waals surface area contributed by atoms with Crippen LogP contribution in [0.4, 0.5) is 10.1 Å². The first-order valence-electron chi connectivity index (χ1n) is 5.35. The van der Waals surface area contributed by atoms with Crippen LogP contribution in [0.25, 0.3) is 0 Å². The van der Waals surface area contributed by atoms with Gasteiger partial charge >= 0.3 is 0 Å². The molecule has 0 heterocycles. The van der Waals surface area contributed by atoms with Gasteiger partial charge in [0.1, 0.15) is 5.82 Å². The van der Waals surface area contributed by atoms with Gasteiger partial charge in [0.05, 0.1) is 16.3 Å². The van der Waals surface area contributed by atoms with Crippen molar-refractivity contribution in [2.75, 3.05) is 5.73 Å². The molecule has 0 aliphatic carbocycles. The van der Waals surface area contributed by atoms with Gasteiger partial charge in [-0.2, -0.15) is 0 Å². The highest BCUT2D eigenvalue weighted by atomic mass is 35.5. The van der Waals surface area contributed by atoms with Crippen LogP contribution in [0.5, 0.6) is 0 Å². The van der Waals surface area contributed by atoms with Gasteiger partial charge in [-0.3, -0.25) is 4.79 Å². The lowest BCUT2D eigenvalue weighted by Crippen LogP contribution is -2.05. The minimum Gasteiger partial charge on any atom is -0.398 e. The molecule has 0 aliphatic rings. The van der Waals surface area contributed by atoms with E-state index in [2.05, 4.69) is 0 Å². The minimum absolute atomic E-state index is 0.0291. The first-order chi connectivity index (χ1) is 8.49. The lowest BCUT2D eigenvalue weighted by molar-refractivity contribution is 0.103. The number of halogens is 2. The van der Waals surface area contributed by atoms with Crippen LogP contribution in [0, 0.1) is 12.7 Å². The van der Waals surface area contributed by atoms with Gasteiger partial charge in [0, 0.05) is 5.56 Å². The van der Waals surface area contributed by atoms with E-state index in [-0.39, 0.29) is 10.6 Å². The molecule has 2 rings (SSSR count). The molecule has 0 spiro atoms. The number of carbonyl (C=O) groups excluding carboxylic acids is 1. The second-order valence-electron chi connectivity index (χ2n) is 4.05. The van der Waals surface area contributed by atoms with Crippen molar-refractivity contribution in [1.29, 1.82) is 0 Å². The molecule has 18 heavy (non-hydrogen) atoms. The molecule has 0 saturated carbocycles. The molecule has 2 N–H and O–H groups in total. The number of anilines is 1. The molecule has 0 bridgehead atoms. The summed E-state index contributed by atoms with van der Waals surface area (Å²) in [6.45, 7) is 1.76. The van der Waals surface area contributed by atoms with Crippen LogP contribution < -0.4 is 5.73 Å². The molecular formula is C14H11ClFNO. The Balaban J connectivity index is 2.44. The molecule has 2 nitrogen and oxygen atoms in total. The fourth-order valence-electron chi connectivity index (χ4n) is 1.63. The molecule has 2 aromatic carbocycles.